The quantitative estimate of drug-likeness (QED) is 0.0277. The third-order valence-electron chi connectivity index (χ3n) is 8.65. The summed E-state index contributed by atoms with van der Waals surface area (Å²) in [5, 5.41) is 0. The predicted octanol–water partition coefficient (Wildman–Crippen LogP) is 11.1. The molecule has 0 rings (SSSR count). The molecule has 0 bridgehead atoms. The average molecular weight is 718 g/mol. The van der Waals surface area contributed by atoms with Crippen LogP contribution < -0.4 is 5.73 Å². The lowest BCUT2D eigenvalue weighted by atomic mass is 10.1. The van der Waals surface area contributed by atoms with E-state index >= 15 is 0 Å². The van der Waals surface area contributed by atoms with E-state index in [1.807, 2.05) is 0 Å². The lowest BCUT2D eigenvalue weighted by Crippen LogP contribution is -2.29. The van der Waals surface area contributed by atoms with Crippen LogP contribution in [0.2, 0.25) is 0 Å². The Morgan fingerprint density at radius 3 is 1.45 bits per heavy atom. The molecule has 0 heterocycles. The van der Waals surface area contributed by atoms with Gasteiger partial charge in [0.05, 0.1) is 13.2 Å². The van der Waals surface area contributed by atoms with Gasteiger partial charge in [0, 0.05) is 19.4 Å². The van der Waals surface area contributed by atoms with Crippen LogP contribution in [0.3, 0.4) is 0 Å². The maximum Gasteiger partial charge on any atom is 0.472 e. The van der Waals surface area contributed by atoms with Crippen molar-refractivity contribution in [3.8, 4) is 0 Å². The van der Waals surface area contributed by atoms with Gasteiger partial charge in [-0.3, -0.25) is 18.6 Å². The normalized spacial score (nSPS) is 13.5. The highest BCUT2D eigenvalue weighted by atomic mass is 31.2. The number of carbonyl (C=O) groups is 2. The fourth-order valence-electron chi connectivity index (χ4n) is 5.63. The third kappa shape index (κ3) is 36.3. The van der Waals surface area contributed by atoms with E-state index in [-0.39, 0.29) is 38.6 Å². The standard InChI is InChI=1S/C39H76NO8P/c1-3-5-7-9-11-13-15-16-17-18-19-20-22-23-25-27-29-31-38(41)45-35-37(36-47-49(43,44)46-34-33-40)48-39(42)32-30-28-26-24-21-14-12-10-8-6-4-2/h16-17,37H,3-15,18-36,40H2,1-2H3,(H,43,44)/b17-16+/t37-/m0/s1. The molecular formula is C39H76NO8P. The van der Waals surface area contributed by atoms with Crippen molar-refractivity contribution in [3.63, 3.8) is 0 Å². The largest absolute Gasteiger partial charge is 0.472 e. The van der Waals surface area contributed by atoms with E-state index in [9.17, 15) is 19.0 Å². The molecule has 0 saturated carbocycles. The first-order valence-corrected chi connectivity index (χ1v) is 21.7. The molecule has 10 heteroatoms. The summed E-state index contributed by atoms with van der Waals surface area (Å²) in [6.45, 7) is 3.72. The van der Waals surface area contributed by atoms with E-state index in [2.05, 4.69) is 26.0 Å². The van der Waals surface area contributed by atoms with Gasteiger partial charge in [-0.05, 0) is 38.5 Å². The number of hydrogen-bond acceptors (Lipinski definition) is 8. The molecule has 0 fully saturated rings. The molecule has 0 spiro atoms. The molecule has 0 saturated heterocycles. The summed E-state index contributed by atoms with van der Waals surface area (Å²) in [6.07, 6.45) is 35.2. The van der Waals surface area contributed by atoms with Crippen LogP contribution in [0.5, 0.6) is 0 Å². The van der Waals surface area contributed by atoms with Crippen LogP contribution in [0.4, 0.5) is 0 Å². The van der Waals surface area contributed by atoms with Crippen LogP contribution in [0.1, 0.15) is 194 Å². The Bertz CT molecular complexity index is 825. The molecule has 0 aromatic rings. The van der Waals surface area contributed by atoms with E-state index < -0.39 is 26.5 Å². The maximum atomic E-state index is 12.5. The van der Waals surface area contributed by atoms with E-state index in [1.54, 1.807) is 0 Å². The Labute approximate surface area is 300 Å². The second kappa shape index (κ2) is 36.5. The molecular weight excluding hydrogens is 641 g/mol. The monoisotopic (exact) mass is 718 g/mol. The zero-order valence-corrected chi connectivity index (χ0v) is 32.6. The number of hydrogen-bond donors (Lipinski definition) is 2. The summed E-state index contributed by atoms with van der Waals surface area (Å²) >= 11 is 0. The Hall–Kier alpha value is -1.25. The van der Waals surface area contributed by atoms with E-state index in [0.29, 0.717) is 6.42 Å². The van der Waals surface area contributed by atoms with Gasteiger partial charge >= 0.3 is 19.8 Å². The van der Waals surface area contributed by atoms with Gasteiger partial charge < -0.3 is 20.1 Å². The first kappa shape index (κ1) is 47.8. The topological polar surface area (TPSA) is 134 Å². The Morgan fingerprint density at radius 1 is 0.592 bits per heavy atom. The number of rotatable bonds is 38. The summed E-state index contributed by atoms with van der Waals surface area (Å²) in [5.41, 5.74) is 5.33. The van der Waals surface area contributed by atoms with Crippen LogP contribution in [0, 0.1) is 0 Å². The number of ether oxygens (including phenoxy) is 2. The number of allylic oxidation sites excluding steroid dienone is 2. The highest BCUT2D eigenvalue weighted by molar-refractivity contribution is 7.47. The van der Waals surface area contributed by atoms with Crippen LogP contribution in [0.25, 0.3) is 0 Å². The third-order valence-corrected chi connectivity index (χ3v) is 9.64. The van der Waals surface area contributed by atoms with Crippen molar-refractivity contribution in [2.24, 2.45) is 5.73 Å². The predicted molar refractivity (Wildman–Crippen MR) is 201 cm³/mol. The Kier molecular flexibility index (Phi) is 35.6. The van der Waals surface area contributed by atoms with Gasteiger partial charge in [-0.25, -0.2) is 4.57 Å². The van der Waals surface area contributed by atoms with Gasteiger partial charge in [0.25, 0.3) is 0 Å². The molecule has 0 aromatic heterocycles. The van der Waals surface area contributed by atoms with Crippen molar-refractivity contribution >= 4 is 19.8 Å². The van der Waals surface area contributed by atoms with Gasteiger partial charge in [-0.15, -0.1) is 0 Å². The molecule has 1 unspecified atom stereocenters. The molecule has 0 radical (unpaired) electrons. The van der Waals surface area contributed by atoms with E-state index in [1.165, 1.54) is 128 Å². The number of nitrogens with two attached hydrogens (primary N) is 1. The molecule has 0 amide bonds. The van der Waals surface area contributed by atoms with Gasteiger partial charge in [-0.1, -0.05) is 154 Å². The minimum atomic E-state index is -4.37. The van der Waals surface area contributed by atoms with Crippen LogP contribution >= 0.6 is 7.82 Å². The van der Waals surface area contributed by atoms with Gasteiger partial charge in [0.15, 0.2) is 6.10 Å². The second-order valence-electron chi connectivity index (χ2n) is 13.5. The second-order valence-corrected chi connectivity index (χ2v) is 15.0. The number of phosphoric acid groups is 1. The zero-order chi connectivity index (χ0) is 36.1. The highest BCUT2D eigenvalue weighted by Crippen LogP contribution is 2.43. The smallest absolute Gasteiger partial charge is 0.462 e. The lowest BCUT2D eigenvalue weighted by Gasteiger charge is -2.19. The van der Waals surface area contributed by atoms with E-state index in [4.69, 9.17) is 24.3 Å². The van der Waals surface area contributed by atoms with Crippen molar-refractivity contribution in [1.82, 2.24) is 0 Å². The summed E-state index contributed by atoms with van der Waals surface area (Å²) < 4.78 is 32.7. The van der Waals surface area contributed by atoms with Crippen molar-refractivity contribution in [3.05, 3.63) is 12.2 Å². The van der Waals surface area contributed by atoms with Crippen molar-refractivity contribution in [2.45, 2.75) is 200 Å². The summed E-state index contributed by atoms with van der Waals surface area (Å²) in [4.78, 5) is 34.7. The highest BCUT2D eigenvalue weighted by Gasteiger charge is 2.26. The zero-order valence-electron chi connectivity index (χ0n) is 31.7. The Balaban J connectivity index is 4.14. The number of phosphoric ester groups is 1. The van der Waals surface area contributed by atoms with Crippen LogP contribution in [0.15, 0.2) is 12.2 Å². The minimum absolute atomic E-state index is 0.0555. The summed E-state index contributed by atoms with van der Waals surface area (Å²) in [7, 11) is -4.37. The summed E-state index contributed by atoms with van der Waals surface area (Å²) in [5.74, 6) is -0.828. The fraction of sp³-hybridized carbons (Fsp3) is 0.897. The lowest BCUT2D eigenvalue weighted by molar-refractivity contribution is -0.161. The molecule has 9 nitrogen and oxygen atoms in total. The maximum absolute atomic E-state index is 12.5. The number of unbranched alkanes of at least 4 members (excludes halogenated alkanes) is 23. The molecule has 0 aliphatic heterocycles. The number of carbonyl (C=O) groups excluding carboxylic acids is 2. The molecule has 0 aromatic carbocycles. The van der Waals surface area contributed by atoms with Crippen LogP contribution in [-0.4, -0.2) is 49.3 Å². The van der Waals surface area contributed by atoms with Crippen molar-refractivity contribution < 1.29 is 37.6 Å². The van der Waals surface area contributed by atoms with Crippen molar-refractivity contribution in [2.75, 3.05) is 26.4 Å². The molecule has 290 valence electrons. The molecule has 49 heavy (non-hydrogen) atoms. The van der Waals surface area contributed by atoms with Crippen LogP contribution in [-0.2, 0) is 32.7 Å². The summed E-state index contributed by atoms with van der Waals surface area (Å²) in [6, 6.07) is 0. The molecule has 0 aliphatic carbocycles. The number of esters is 2. The SMILES string of the molecule is CCCCCCCC/C=C/CCCCCCCCCC(=O)OC[C@@H](COP(=O)(O)OCCN)OC(=O)CCCCCCCCCCCCC. The Morgan fingerprint density at radius 2 is 1.00 bits per heavy atom. The van der Waals surface area contributed by atoms with E-state index in [0.717, 1.165) is 32.1 Å². The van der Waals surface area contributed by atoms with Gasteiger partial charge in [0.2, 0.25) is 0 Å². The van der Waals surface area contributed by atoms with Gasteiger partial charge in [-0.2, -0.15) is 0 Å². The van der Waals surface area contributed by atoms with Gasteiger partial charge in [0.1, 0.15) is 6.61 Å². The van der Waals surface area contributed by atoms with Crippen molar-refractivity contribution in [1.29, 1.82) is 0 Å². The molecule has 2 atom stereocenters. The fourth-order valence-corrected chi connectivity index (χ4v) is 6.39. The first-order valence-electron chi connectivity index (χ1n) is 20.2. The first-order chi connectivity index (χ1) is 23.8. The molecule has 3 N–H and O–H groups in total. The molecule has 0 aliphatic rings. The average Bonchev–Trinajstić information content (AvgIpc) is 3.08. The minimum Gasteiger partial charge on any atom is -0.462 e.